The molecule has 2 N–H and O–H groups in total. The minimum atomic E-state index is -0.356. The van der Waals surface area contributed by atoms with Crippen molar-refractivity contribution in [2.24, 2.45) is 0 Å². The normalized spacial score (nSPS) is 14.3. The van der Waals surface area contributed by atoms with Crippen LogP contribution in [0.1, 0.15) is 15.9 Å². The predicted octanol–water partition coefficient (Wildman–Crippen LogP) is 2.65. The van der Waals surface area contributed by atoms with E-state index in [1.807, 2.05) is 6.07 Å². The second-order valence-corrected chi connectivity index (χ2v) is 5.01. The summed E-state index contributed by atoms with van der Waals surface area (Å²) in [6.07, 6.45) is 0.185. The molecule has 0 bridgehead atoms. The number of halogens is 1. The first kappa shape index (κ1) is 12.7. The molecule has 5 heteroatoms. The lowest BCUT2D eigenvalue weighted by molar-refractivity contribution is -0.117. The number of nitrogens with two attached hydrogens (primary N) is 1. The zero-order chi connectivity index (χ0) is 14.3. The van der Waals surface area contributed by atoms with Crippen LogP contribution in [0, 0.1) is 0 Å². The Morgan fingerprint density at radius 1 is 1.10 bits per heavy atom. The molecular formula is C15H11ClN2O2. The number of carbonyl (C=O) groups is 2. The number of hydrogen-bond donors (Lipinski definition) is 1. The molecule has 0 fully saturated rings. The van der Waals surface area contributed by atoms with Gasteiger partial charge in [0.15, 0.2) is 0 Å². The van der Waals surface area contributed by atoms with Gasteiger partial charge in [0.2, 0.25) is 5.91 Å². The van der Waals surface area contributed by atoms with Gasteiger partial charge in [0.05, 0.1) is 17.8 Å². The molecule has 0 unspecified atom stereocenters. The summed E-state index contributed by atoms with van der Waals surface area (Å²) < 4.78 is 0. The van der Waals surface area contributed by atoms with E-state index in [1.54, 1.807) is 30.3 Å². The summed E-state index contributed by atoms with van der Waals surface area (Å²) in [7, 11) is 0. The number of anilines is 2. The lowest BCUT2D eigenvalue weighted by Gasteiger charge is -2.27. The SMILES string of the molecule is Nc1cc(Cl)ccc1N1C(=O)Cc2ccccc2C1=O. The van der Waals surface area contributed by atoms with E-state index in [0.29, 0.717) is 22.0 Å². The van der Waals surface area contributed by atoms with Crippen LogP contribution in [0.15, 0.2) is 42.5 Å². The summed E-state index contributed by atoms with van der Waals surface area (Å²) >= 11 is 5.84. The highest BCUT2D eigenvalue weighted by molar-refractivity contribution is 6.31. The van der Waals surface area contributed by atoms with Crippen LogP contribution in [0.2, 0.25) is 5.02 Å². The van der Waals surface area contributed by atoms with E-state index >= 15 is 0 Å². The van der Waals surface area contributed by atoms with Gasteiger partial charge in [-0.1, -0.05) is 29.8 Å². The predicted molar refractivity (Wildman–Crippen MR) is 77.8 cm³/mol. The number of amides is 2. The fourth-order valence-electron chi connectivity index (χ4n) is 2.33. The van der Waals surface area contributed by atoms with Gasteiger partial charge in [-0.05, 0) is 29.8 Å². The van der Waals surface area contributed by atoms with Crippen LogP contribution in [0.3, 0.4) is 0 Å². The summed E-state index contributed by atoms with van der Waals surface area (Å²) in [5.74, 6) is -0.645. The van der Waals surface area contributed by atoms with Crippen molar-refractivity contribution in [3.63, 3.8) is 0 Å². The van der Waals surface area contributed by atoms with Crippen LogP contribution in [0.5, 0.6) is 0 Å². The maximum absolute atomic E-state index is 12.5. The third kappa shape index (κ3) is 1.94. The molecule has 0 atom stereocenters. The van der Waals surface area contributed by atoms with Crippen LogP contribution in [0.25, 0.3) is 0 Å². The van der Waals surface area contributed by atoms with Crippen molar-refractivity contribution in [3.8, 4) is 0 Å². The Kier molecular flexibility index (Phi) is 2.95. The summed E-state index contributed by atoms with van der Waals surface area (Å²) in [5, 5.41) is 0.462. The maximum atomic E-state index is 12.5. The Morgan fingerprint density at radius 3 is 2.60 bits per heavy atom. The van der Waals surface area contributed by atoms with Crippen LogP contribution in [-0.2, 0) is 11.2 Å². The van der Waals surface area contributed by atoms with Crippen LogP contribution < -0.4 is 10.6 Å². The first-order chi connectivity index (χ1) is 9.58. The fraction of sp³-hybridized carbons (Fsp3) is 0.0667. The molecule has 20 heavy (non-hydrogen) atoms. The Hall–Kier alpha value is -2.33. The molecule has 0 aromatic heterocycles. The van der Waals surface area contributed by atoms with Crippen LogP contribution in [-0.4, -0.2) is 11.8 Å². The number of rotatable bonds is 1. The molecule has 0 saturated heterocycles. The van der Waals surface area contributed by atoms with E-state index < -0.39 is 0 Å². The molecule has 1 aliphatic heterocycles. The fourth-order valence-corrected chi connectivity index (χ4v) is 2.51. The van der Waals surface area contributed by atoms with E-state index in [1.165, 1.54) is 6.07 Å². The first-order valence-corrected chi connectivity index (χ1v) is 6.46. The molecule has 0 spiro atoms. The van der Waals surface area contributed by atoms with Gasteiger partial charge in [-0.2, -0.15) is 0 Å². The molecule has 0 saturated carbocycles. The van der Waals surface area contributed by atoms with Crippen LogP contribution in [0.4, 0.5) is 11.4 Å². The van der Waals surface area contributed by atoms with Crippen molar-refractivity contribution in [2.75, 3.05) is 10.6 Å². The van der Waals surface area contributed by atoms with E-state index in [0.717, 1.165) is 10.5 Å². The van der Waals surface area contributed by atoms with Crippen molar-refractivity contribution in [3.05, 3.63) is 58.6 Å². The molecule has 2 amide bonds. The number of imide groups is 1. The number of carbonyl (C=O) groups excluding carboxylic acids is 2. The second-order valence-electron chi connectivity index (χ2n) is 4.57. The summed E-state index contributed by atoms with van der Waals surface area (Å²) in [4.78, 5) is 25.8. The molecule has 2 aromatic rings. The Labute approximate surface area is 120 Å². The molecular weight excluding hydrogens is 276 g/mol. The number of nitrogens with zero attached hydrogens (tertiary/aromatic N) is 1. The standard InChI is InChI=1S/C15H11ClN2O2/c16-10-5-6-13(12(17)8-10)18-14(19)7-9-3-1-2-4-11(9)15(18)20/h1-6,8H,7,17H2. The number of benzene rings is 2. The molecule has 0 aliphatic carbocycles. The number of fused-ring (bicyclic) bond motifs is 1. The average Bonchev–Trinajstić information content (AvgIpc) is 2.41. The molecule has 1 heterocycles. The lowest BCUT2D eigenvalue weighted by Crippen LogP contribution is -2.42. The number of nitrogen functional groups attached to an aromatic ring is 1. The van der Waals surface area contributed by atoms with E-state index in [2.05, 4.69) is 0 Å². The zero-order valence-electron chi connectivity index (χ0n) is 10.5. The molecule has 0 radical (unpaired) electrons. The van der Waals surface area contributed by atoms with Gasteiger partial charge in [0, 0.05) is 10.6 Å². The van der Waals surface area contributed by atoms with Gasteiger partial charge < -0.3 is 5.73 Å². The highest BCUT2D eigenvalue weighted by atomic mass is 35.5. The molecule has 4 nitrogen and oxygen atoms in total. The van der Waals surface area contributed by atoms with Crippen molar-refractivity contribution in [2.45, 2.75) is 6.42 Å². The van der Waals surface area contributed by atoms with Gasteiger partial charge in [0.1, 0.15) is 0 Å². The first-order valence-electron chi connectivity index (χ1n) is 6.08. The Morgan fingerprint density at radius 2 is 1.85 bits per heavy atom. The molecule has 100 valence electrons. The monoisotopic (exact) mass is 286 g/mol. The summed E-state index contributed by atoms with van der Waals surface area (Å²) in [6, 6.07) is 11.8. The van der Waals surface area contributed by atoms with Gasteiger partial charge >= 0.3 is 0 Å². The van der Waals surface area contributed by atoms with Crippen molar-refractivity contribution >= 4 is 34.8 Å². The maximum Gasteiger partial charge on any atom is 0.265 e. The average molecular weight is 287 g/mol. The van der Waals surface area contributed by atoms with E-state index in [9.17, 15) is 9.59 Å². The van der Waals surface area contributed by atoms with E-state index in [4.69, 9.17) is 17.3 Å². The van der Waals surface area contributed by atoms with Gasteiger partial charge in [-0.25, -0.2) is 4.90 Å². The molecule has 3 rings (SSSR count). The highest BCUT2D eigenvalue weighted by Crippen LogP contribution is 2.31. The quantitative estimate of drug-likeness (QED) is 0.647. The second kappa shape index (κ2) is 4.65. The smallest absolute Gasteiger partial charge is 0.265 e. The third-order valence-corrected chi connectivity index (χ3v) is 3.51. The number of hydrogen-bond acceptors (Lipinski definition) is 3. The minimum absolute atomic E-state index is 0.185. The van der Waals surface area contributed by atoms with Gasteiger partial charge in [0.25, 0.3) is 5.91 Å². The van der Waals surface area contributed by atoms with Crippen molar-refractivity contribution in [1.82, 2.24) is 0 Å². The van der Waals surface area contributed by atoms with Gasteiger partial charge in [-0.3, -0.25) is 9.59 Å². The molecule has 2 aromatic carbocycles. The zero-order valence-corrected chi connectivity index (χ0v) is 11.2. The van der Waals surface area contributed by atoms with Crippen LogP contribution >= 0.6 is 11.6 Å². The summed E-state index contributed by atoms with van der Waals surface area (Å²) in [5.41, 5.74) is 7.82. The molecule has 1 aliphatic rings. The third-order valence-electron chi connectivity index (χ3n) is 3.27. The lowest BCUT2D eigenvalue weighted by atomic mass is 9.98. The topological polar surface area (TPSA) is 63.4 Å². The minimum Gasteiger partial charge on any atom is -0.397 e. The van der Waals surface area contributed by atoms with Crippen molar-refractivity contribution in [1.29, 1.82) is 0 Å². The van der Waals surface area contributed by atoms with Crippen molar-refractivity contribution < 1.29 is 9.59 Å². The Bertz CT molecular complexity index is 728. The van der Waals surface area contributed by atoms with E-state index in [-0.39, 0.29) is 18.2 Å². The summed E-state index contributed by atoms with van der Waals surface area (Å²) in [6.45, 7) is 0. The largest absolute Gasteiger partial charge is 0.397 e. The van der Waals surface area contributed by atoms with Gasteiger partial charge in [-0.15, -0.1) is 0 Å². The Balaban J connectivity index is 2.11. The highest BCUT2D eigenvalue weighted by Gasteiger charge is 2.32.